The highest BCUT2D eigenvalue weighted by molar-refractivity contribution is 5.66. The Morgan fingerprint density at radius 3 is 2.68 bits per heavy atom. The zero-order valence-corrected chi connectivity index (χ0v) is 11.8. The van der Waals surface area contributed by atoms with Crippen LogP contribution in [0.4, 0.5) is 0 Å². The van der Waals surface area contributed by atoms with Crippen molar-refractivity contribution in [3.63, 3.8) is 0 Å². The summed E-state index contributed by atoms with van der Waals surface area (Å²) < 4.78 is 17.2. The fourth-order valence-corrected chi connectivity index (χ4v) is 4.00. The highest BCUT2D eigenvalue weighted by atomic mass is 16.7. The van der Waals surface area contributed by atoms with Crippen molar-refractivity contribution in [3.8, 4) is 0 Å². The Morgan fingerprint density at radius 1 is 1.26 bits per heavy atom. The van der Waals surface area contributed by atoms with Crippen molar-refractivity contribution in [1.29, 1.82) is 0 Å². The van der Waals surface area contributed by atoms with Crippen LogP contribution in [0.15, 0.2) is 0 Å². The molecule has 1 spiro atoms. The summed E-state index contributed by atoms with van der Waals surface area (Å²) in [7, 11) is 0. The van der Waals surface area contributed by atoms with Crippen LogP contribution in [-0.2, 0) is 19.0 Å². The molecule has 107 valence electrons. The summed E-state index contributed by atoms with van der Waals surface area (Å²) in [6.07, 6.45) is 7.22. The van der Waals surface area contributed by atoms with Gasteiger partial charge in [0.15, 0.2) is 5.79 Å². The van der Waals surface area contributed by atoms with E-state index in [1.807, 2.05) is 0 Å². The van der Waals surface area contributed by atoms with Crippen molar-refractivity contribution in [2.24, 2.45) is 11.3 Å². The van der Waals surface area contributed by atoms with Gasteiger partial charge in [-0.1, -0.05) is 6.92 Å². The van der Waals surface area contributed by atoms with Gasteiger partial charge in [0.25, 0.3) is 0 Å². The average molecular weight is 267 g/mol. The van der Waals surface area contributed by atoms with Gasteiger partial charge in [0.05, 0.1) is 13.2 Å². The summed E-state index contributed by atoms with van der Waals surface area (Å²) in [5.74, 6) is -0.0584. The molecule has 1 saturated heterocycles. The third-order valence-corrected chi connectivity index (χ3v) is 5.20. The summed E-state index contributed by atoms with van der Waals surface area (Å²) in [5.41, 5.74) is 0.0461. The minimum Gasteiger partial charge on any atom is -0.462 e. The van der Waals surface area contributed by atoms with E-state index >= 15 is 0 Å². The number of carbonyl (C=O) groups excluding carboxylic acids is 1. The van der Waals surface area contributed by atoms with Crippen molar-refractivity contribution in [3.05, 3.63) is 6.42 Å². The molecular weight excluding hydrogens is 244 g/mol. The molecule has 3 rings (SSSR count). The summed E-state index contributed by atoms with van der Waals surface area (Å²) in [5, 5.41) is 0. The van der Waals surface area contributed by atoms with Gasteiger partial charge >= 0.3 is 5.97 Å². The Balaban J connectivity index is 1.75. The van der Waals surface area contributed by atoms with Crippen molar-refractivity contribution >= 4 is 5.97 Å². The molecule has 0 amide bonds. The number of esters is 1. The van der Waals surface area contributed by atoms with Gasteiger partial charge in [-0.2, -0.15) is 0 Å². The molecule has 0 N–H and O–H groups in total. The topological polar surface area (TPSA) is 44.8 Å². The number of carbonyl (C=O) groups is 1. The Hall–Kier alpha value is -0.610. The van der Waals surface area contributed by atoms with Gasteiger partial charge in [0.1, 0.15) is 6.10 Å². The number of ether oxygens (including phenoxy) is 3. The monoisotopic (exact) mass is 267 g/mol. The summed E-state index contributed by atoms with van der Waals surface area (Å²) in [6.45, 7) is 5.15. The number of hydrogen-bond donors (Lipinski definition) is 0. The van der Waals surface area contributed by atoms with E-state index in [-0.39, 0.29) is 17.5 Å². The molecule has 2 aliphatic carbocycles. The summed E-state index contributed by atoms with van der Waals surface area (Å²) >= 11 is 0. The molecule has 3 fully saturated rings. The lowest BCUT2D eigenvalue weighted by atomic mass is 9.74. The number of fused-ring (bicyclic) bond motifs is 1. The average Bonchev–Trinajstić information content (AvgIpc) is 2.89. The molecule has 1 aliphatic heterocycles. The lowest BCUT2D eigenvalue weighted by Crippen LogP contribution is -2.36. The zero-order valence-electron chi connectivity index (χ0n) is 11.8. The first-order valence-electron chi connectivity index (χ1n) is 7.33. The van der Waals surface area contributed by atoms with E-state index in [4.69, 9.17) is 14.2 Å². The van der Waals surface area contributed by atoms with Crippen LogP contribution in [0.5, 0.6) is 0 Å². The third kappa shape index (κ3) is 2.29. The first kappa shape index (κ1) is 13.4. The second kappa shape index (κ2) is 4.74. The van der Waals surface area contributed by atoms with Crippen molar-refractivity contribution in [2.75, 3.05) is 13.2 Å². The van der Waals surface area contributed by atoms with Crippen molar-refractivity contribution in [1.82, 2.24) is 0 Å². The van der Waals surface area contributed by atoms with Gasteiger partial charge in [-0.25, -0.2) is 0 Å². The molecule has 0 aromatic heterocycles. The van der Waals surface area contributed by atoms with Crippen LogP contribution in [0, 0.1) is 17.8 Å². The molecule has 3 aliphatic rings. The number of hydrogen-bond acceptors (Lipinski definition) is 4. The van der Waals surface area contributed by atoms with Crippen molar-refractivity contribution in [2.45, 2.75) is 57.8 Å². The van der Waals surface area contributed by atoms with Gasteiger partial charge in [0, 0.05) is 25.2 Å². The smallest absolute Gasteiger partial charge is 0.302 e. The molecule has 4 nitrogen and oxygen atoms in total. The minimum atomic E-state index is -0.395. The molecule has 0 aromatic carbocycles. The molecule has 19 heavy (non-hydrogen) atoms. The van der Waals surface area contributed by atoms with Gasteiger partial charge in [-0.05, 0) is 31.6 Å². The standard InChI is InChI=1S/C15H23O4/c1-11(16)19-13-4-3-12-5-6-15(17-9-10-18-15)8-7-14(12,13)2/h5,12-13H,3-4,6-10H2,1-2H3/t12-,13+,14+/m1/s1. The Morgan fingerprint density at radius 2 is 2.00 bits per heavy atom. The Bertz CT molecular complexity index is 361. The zero-order chi connectivity index (χ0) is 13.5. The van der Waals surface area contributed by atoms with E-state index in [2.05, 4.69) is 13.3 Å². The van der Waals surface area contributed by atoms with Gasteiger partial charge < -0.3 is 14.2 Å². The normalized spacial score (nSPS) is 40.9. The Labute approximate surface area is 114 Å². The van der Waals surface area contributed by atoms with Crippen LogP contribution in [0.3, 0.4) is 0 Å². The molecule has 0 aromatic rings. The quantitative estimate of drug-likeness (QED) is 0.685. The van der Waals surface area contributed by atoms with Crippen LogP contribution in [0.25, 0.3) is 0 Å². The molecular formula is C15H23O4. The van der Waals surface area contributed by atoms with Crippen molar-refractivity contribution < 1.29 is 19.0 Å². The minimum absolute atomic E-state index is 0.0443. The fraction of sp³-hybridized carbons (Fsp3) is 0.867. The maximum Gasteiger partial charge on any atom is 0.302 e. The van der Waals surface area contributed by atoms with E-state index in [1.165, 1.54) is 6.92 Å². The van der Waals surface area contributed by atoms with Crippen LogP contribution in [0.1, 0.15) is 46.0 Å². The SMILES string of the molecule is CC(=O)O[C@H]1CC[C@@H]2[CH]CC3(CC[C@]12C)OCCO3. The van der Waals surface area contributed by atoms with E-state index in [1.54, 1.807) is 0 Å². The molecule has 0 bridgehead atoms. The predicted octanol–water partition coefficient (Wildman–Crippen LogP) is 2.47. The maximum absolute atomic E-state index is 11.3. The number of rotatable bonds is 1. The van der Waals surface area contributed by atoms with Crippen LogP contribution < -0.4 is 0 Å². The molecule has 0 unspecified atom stereocenters. The lowest BCUT2D eigenvalue weighted by molar-refractivity contribution is -0.165. The van der Waals surface area contributed by atoms with Gasteiger partial charge in [-0.3, -0.25) is 4.79 Å². The molecule has 4 heteroatoms. The first-order valence-corrected chi connectivity index (χ1v) is 7.33. The fourth-order valence-electron chi connectivity index (χ4n) is 4.00. The largest absolute Gasteiger partial charge is 0.462 e. The van der Waals surface area contributed by atoms with Gasteiger partial charge in [-0.15, -0.1) is 0 Å². The third-order valence-electron chi connectivity index (χ3n) is 5.20. The molecule has 3 atom stereocenters. The van der Waals surface area contributed by atoms with Crippen LogP contribution >= 0.6 is 0 Å². The lowest BCUT2D eigenvalue weighted by Gasteiger charge is -2.35. The highest BCUT2D eigenvalue weighted by Crippen LogP contribution is 2.54. The van der Waals surface area contributed by atoms with Gasteiger partial charge in [0.2, 0.25) is 0 Å². The molecule has 2 saturated carbocycles. The first-order chi connectivity index (χ1) is 9.04. The van der Waals surface area contributed by atoms with E-state index in [0.29, 0.717) is 19.1 Å². The van der Waals surface area contributed by atoms with E-state index in [0.717, 1.165) is 32.1 Å². The highest BCUT2D eigenvalue weighted by Gasteiger charge is 2.53. The van der Waals surface area contributed by atoms with E-state index < -0.39 is 5.79 Å². The summed E-state index contributed by atoms with van der Waals surface area (Å²) in [4.78, 5) is 11.3. The molecule has 1 heterocycles. The summed E-state index contributed by atoms with van der Waals surface area (Å²) in [6, 6.07) is 0. The van der Waals surface area contributed by atoms with E-state index in [9.17, 15) is 4.79 Å². The predicted molar refractivity (Wildman–Crippen MR) is 69.2 cm³/mol. The van der Waals surface area contributed by atoms with Crippen LogP contribution in [0.2, 0.25) is 0 Å². The Kier molecular flexibility index (Phi) is 3.34. The molecule has 1 radical (unpaired) electrons. The van der Waals surface area contributed by atoms with Crippen LogP contribution in [-0.4, -0.2) is 31.1 Å². The second-order valence-corrected chi connectivity index (χ2v) is 6.34. The maximum atomic E-state index is 11.3. The second-order valence-electron chi connectivity index (χ2n) is 6.34.